The second kappa shape index (κ2) is 4.64. The monoisotopic (exact) mass is 275 g/mol. The van der Waals surface area contributed by atoms with E-state index in [0.717, 1.165) is 12.1 Å². The molecule has 2 aromatic heterocycles. The molecule has 0 aliphatic heterocycles. The van der Waals surface area contributed by atoms with Crippen LogP contribution in [0.5, 0.6) is 0 Å². The van der Waals surface area contributed by atoms with Crippen molar-refractivity contribution in [1.82, 2.24) is 15.0 Å². The highest BCUT2D eigenvalue weighted by Crippen LogP contribution is 2.31. The van der Waals surface area contributed by atoms with Crippen LogP contribution < -0.4 is 0 Å². The summed E-state index contributed by atoms with van der Waals surface area (Å²) < 4.78 is 27.5. The van der Waals surface area contributed by atoms with Gasteiger partial charge in [-0.3, -0.25) is 0 Å². The van der Waals surface area contributed by atoms with Crippen LogP contribution in [0.4, 0.5) is 8.78 Å². The topological polar surface area (TPSA) is 61.8 Å². The first-order chi connectivity index (χ1) is 9.59. The lowest BCUT2D eigenvalue weighted by molar-refractivity contribution is 0.210. The maximum Gasteiger partial charge on any atom is 0.141 e. The van der Waals surface area contributed by atoms with Crippen LogP contribution in [0.25, 0.3) is 11.0 Å². The van der Waals surface area contributed by atoms with E-state index in [1.54, 1.807) is 6.92 Å². The number of nitrogens with zero attached hydrogens (tertiary/aromatic N) is 2. The first-order valence-corrected chi connectivity index (χ1v) is 6.00. The highest BCUT2D eigenvalue weighted by atomic mass is 19.1. The lowest BCUT2D eigenvalue weighted by Gasteiger charge is -2.12. The van der Waals surface area contributed by atoms with Gasteiger partial charge in [0.25, 0.3) is 0 Å². The Hall–Kier alpha value is -2.34. The predicted octanol–water partition coefficient (Wildman–Crippen LogP) is 2.63. The lowest BCUT2D eigenvalue weighted by atomic mass is 10.00. The summed E-state index contributed by atoms with van der Waals surface area (Å²) in [7, 11) is 0. The third kappa shape index (κ3) is 1.85. The summed E-state index contributed by atoms with van der Waals surface area (Å²) in [5.41, 5.74) is 1.11. The van der Waals surface area contributed by atoms with E-state index in [1.807, 2.05) is 0 Å². The lowest BCUT2D eigenvalue weighted by Crippen LogP contribution is -2.05. The van der Waals surface area contributed by atoms with Gasteiger partial charge in [-0.05, 0) is 19.1 Å². The molecule has 0 saturated heterocycles. The van der Waals surface area contributed by atoms with Gasteiger partial charge in [-0.15, -0.1) is 0 Å². The fraction of sp³-hybridized carbons (Fsp3) is 0.143. The molecule has 102 valence electrons. The van der Waals surface area contributed by atoms with Crippen molar-refractivity contribution in [2.24, 2.45) is 0 Å². The predicted molar refractivity (Wildman–Crippen MR) is 69.0 cm³/mol. The molecule has 0 bridgehead atoms. The van der Waals surface area contributed by atoms with Crippen LogP contribution in [0.15, 0.2) is 30.7 Å². The average Bonchev–Trinajstić information content (AvgIpc) is 2.83. The van der Waals surface area contributed by atoms with Crippen molar-refractivity contribution in [2.75, 3.05) is 0 Å². The Morgan fingerprint density at radius 1 is 1.20 bits per heavy atom. The highest BCUT2D eigenvalue weighted by Gasteiger charge is 2.23. The molecule has 4 nitrogen and oxygen atoms in total. The van der Waals surface area contributed by atoms with Gasteiger partial charge in [-0.1, -0.05) is 6.07 Å². The Labute approximate surface area is 113 Å². The first-order valence-electron chi connectivity index (χ1n) is 6.00. The molecule has 0 spiro atoms. The third-order valence-corrected chi connectivity index (χ3v) is 3.26. The molecule has 0 amide bonds. The summed E-state index contributed by atoms with van der Waals surface area (Å²) >= 11 is 0. The fourth-order valence-corrected chi connectivity index (χ4v) is 2.29. The first kappa shape index (κ1) is 12.7. The Morgan fingerprint density at radius 3 is 2.60 bits per heavy atom. The number of aryl methyl sites for hydroxylation is 1. The van der Waals surface area contributed by atoms with Crippen molar-refractivity contribution < 1.29 is 13.9 Å². The molecule has 1 atom stereocenters. The molecular formula is C14H11F2N3O. The number of rotatable bonds is 2. The van der Waals surface area contributed by atoms with Gasteiger partial charge in [0.05, 0.1) is 11.3 Å². The van der Waals surface area contributed by atoms with E-state index in [-0.39, 0.29) is 5.56 Å². The molecule has 0 radical (unpaired) electrons. The molecule has 0 aliphatic rings. The molecular weight excluding hydrogens is 264 g/mol. The summed E-state index contributed by atoms with van der Waals surface area (Å²) in [6.07, 6.45) is 1.45. The Kier molecular flexibility index (Phi) is 2.94. The summed E-state index contributed by atoms with van der Waals surface area (Å²) in [6.45, 7) is 1.74. The molecule has 2 heterocycles. The Morgan fingerprint density at radius 2 is 1.90 bits per heavy atom. The molecule has 3 aromatic rings. The number of fused-ring (bicyclic) bond motifs is 1. The van der Waals surface area contributed by atoms with Gasteiger partial charge in [0, 0.05) is 17.1 Å². The summed E-state index contributed by atoms with van der Waals surface area (Å²) in [5, 5.41) is 10.9. The van der Waals surface area contributed by atoms with Crippen LogP contribution >= 0.6 is 0 Å². The van der Waals surface area contributed by atoms with Crippen LogP contribution in [0.1, 0.15) is 22.9 Å². The van der Waals surface area contributed by atoms with Crippen LogP contribution in [0, 0.1) is 18.6 Å². The fourth-order valence-electron chi connectivity index (χ4n) is 2.29. The normalized spacial score (nSPS) is 12.8. The van der Waals surface area contributed by atoms with Crippen LogP contribution in [-0.2, 0) is 0 Å². The smallest absolute Gasteiger partial charge is 0.141 e. The standard InChI is InChI=1S/C14H11F2N3O/c1-7-11-8(5-17-14(11)19-6-18-7)13(20)12-9(15)3-2-4-10(12)16/h2-6,13,20H,1H3,(H,17,18,19). The molecule has 1 unspecified atom stereocenters. The number of aromatic nitrogens is 3. The number of hydrogen-bond acceptors (Lipinski definition) is 3. The molecule has 1 aromatic carbocycles. The summed E-state index contributed by atoms with van der Waals surface area (Å²) in [5.74, 6) is -1.58. The van der Waals surface area contributed by atoms with Gasteiger partial charge in [0.15, 0.2) is 0 Å². The molecule has 3 rings (SSSR count). The van der Waals surface area contributed by atoms with Crippen LogP contribution in [0.3, 0.4) is 0 Å². The third-order valence-electron chi connectivity index (χ3n) is 3.26. The quantitative estimate of drug-likeness (QED) is 0.755. The number of H-pyrrole nitrogens is 1. The van der Waals surface area contributed by atoms with Crippen molar-refractivity contribution in [1.29, 1.82) is 0 Å². The van der Waals surface area contributed by atoms with E-state index < -0.39 is 17.7 Å². The zero-order chi connectivity index (χ0) is 14.3. The van der Waals surface area contributed by atoms with Gasteiger partial charge in [-0.2, -0.15) is 0 Å². The maximum absolute atomic E-state index is 13.8. The van der Waals surface area contributed by atoms with E-state index in [0.29, 0.717) is 22.3 Å². The molecule has 0 saturated carbocycles. The van der Waals surface area contributed by atoms with Crippen molar-refractivity contribution in [3.05, 3.63) is 59.2 Å². The molecule has 0 aliphatic carbocycles. The second-order valence-electron chi connectivity index (χ2n) is 4.46. The number of aromatic amines is 1. The minimum atomic E-state index is -1.42. The second-order valence-corrected chi connectivity index (χ2v) is 4.46. The van der Waals surface area contributed by atoms with E-state index in [2.05, 4.69) is 15.0 Å². The van der Waals surface area contributed by atoms with Crippen molar-refractivity contribution in [3.63, 3.8) is 0 Å². The van der Waals surface area contributed by atoms with Gasteiger partial charge in [0.1, 0.15) is 29.7 Å². The van der Waals surface area contributed by atoms with Gasteiger partial charge < -0.3 is 10.1 Å². The molecule has 2 N–H and O–H groups in total. The average molecular weight is 275 g/mol. The Bertz CT molecular complexity index is 765. The SMILES string of the molecule is Cc1ncnc2[nH]cc(C(O)c3c(F)cccc3F)c12. The molecule has 0 fully saturated rings. The molecule has 6 heteroatoms. The van der Waals surface area contributed by atoms with Gasteiger partial charge in [-0.25, -0.2) is 18.7 Å². The van der Waals surface area contributed by atoms with Crippen molar-refractivity contribution in [2.45, 2.75) is 13.0 Å². The minimum Gasteiger partial charge on any atom is -0.383 e. The highest BCUT2D eigenvalue weighted by molar-refractivity contribution is 5.82. The zero-order valence-corrected chi connectivity index (χ0v) is 10.6. The summed E-state index contributed by atoms with van der Waals surface area (Å²) in [4.78, 5) is 10.9. The largest absolute Gasteiger partial charge is 0.383 e. The Balaban J connectivity index is 2.21. The molecule has 20 heavy (non-hydrogen) atoms. The van der Waals surface area contributed by atoms with E-state index in [1.165, 1.54) is 18.6 Å². The van der Waals surface area contributed by atoms with Crippen molar-refractivity contribution in [3.8, 4) is 0 Å². The number of hydrogen-bond donors (Lipinski definition) is 2. The van der Waals surface area contributed by atoms with Gasteiger partial charge >= 0.3 is 0 Å². The van der Waals surface area contributed by atoms with Crippen LogP contribution in [0.2, 0.25) is 0 Å². The summed E-state index contributed by atoms with van der Waals surface area (Å²) in [6, 6.07) is 3.48. The number of aliphatic hydroxyl groups is 1. The number of halogens is 2. The number of nitrogens with one attached hydrogen (secondary N) is 1. The maximum atomic E-state index is 13.8. The van der Waals surface area contributed by atoms with E-state index >= 15 is 0 Å². The van der Waals surface area contributed by atoms with E-state index in [4.69, 9.17) is 0 Å². The number of benzene rings is 1. The zero-order valence-electron chi connectivity index (χ0n) is 10.6. The number of aliphatic hydroxyl groups excluding tert-OH is 1. The van der Waals surface area contributed by atoms with Crippen LogP contribution in [-0.4, -0.2) is 20.1 Å². The van der Waals surface area contributed by atoms with Crippen molar-refractivity contribution >= 4 is 11.0 Å². The van der Waals surface area contributed by atoms with E-state index in [9.17, 15) is 13.9 Å². The minimum absolute atomic E-state index is 0.349. The van der Waals surface area contributed by atoms with Gasteiger partial charge in [0.2, 0.25) is 0 Å².